The van der Waals surface area contributed by atoms with Gasteiger partial charge in [0.2, 0.25) is 0 Å². The molecule has 0 spiro atoms. The van der Waals surface area contributed by atoms with Crippen LogP contribution in [0.15, 0.2) is 24.3 Å². The first-order chi connectivity index (χ1) is 10.5. The van der Waals surface area contributed by atoms with Gasteiger partial charge in [0, 0.05) is 12.6 Å². The minimum absolute atomic E-state index is 0.0347. The van der Waals surface area contributed by atoms with Gasteiger partial charge in [-0.25, -0.2) is 4.79 Å². The maximum atomic E-state index is 11.1. The summed E-state index contributed by atoms with van der Waals surface area (Å²) in [5.41, 5.74) is 2.88. The van der Waals surface area contributed by atoms with Gasteiger partial charge in [0.05, 0.1) is 12.8 Å². The van der Waals surface area contributed by atoms with Crippen LogP contribution in [-0.4, -0.2) is 28.0 Å². The summed E-state index contributed by atoms with van der Waals surface area (Å²) in [6.45, 7) is 4.34. The summed E-state index contributed by atoms with van der Waals surface area (Å²) in [6.07, 6.45) is 2.13. The van der Waals surface area contributed by atoms with E-state index in [9.17, 15) is 4.79 Å². The minimum atomic E-state index is -1.03. The van der Waals surface area contributed by atoms with Gasteiger partial charge in [-0.1, -0.05) is 19.9 Å². The second-order valence-electron chi connectivity index (χ2n) is 5.32. The van der Waals surface area contributed by atoms with Crippen LogP contribution in [0.25, 0.3) is 11.3 Å². The van der Waals surface area contributed by atoms with Crippen molar-refractivity contribution in [1.82, 2.24) is 9.78 Å². The summed E-state index contributed by atoms with van der Waals surface area (Å²) in [5, 5.41) is 13.1. The SMILES string of the molecule is CCC(CC)c1ccc(OC)c(-c2cc(C(=O)O)nn2C)c1. The zero-order valence-electron chi connectivity index (χ0n) is 13.5. The standard InChI is InChI=1S/C17H22N2O3/c1-5-11(6-2)12-7-8-16(22-4)13(9-12)15-10-14(17(20)21)18-19(15)3/h7-11H,5-6H2,1-4H3,(H,20,21). The lowest BCUT2D eigenvalue weighted by Crippen LogP contribution is -2.01. The van der Waals surface area contributed by atoms with Crippen molar-refractivity contribution in [2.45, 2.75) is 32.6 Å². The maximum Gasteiger partial charge on any atom is 0.356 e. The molecule has 1 aromatic heterocycles. The third-order valence-electron chi connectivity index (χ3n) is 4.06. The summed E-state index contributed by atoms with van der Waals surface area (Å²) in [6, 6.07) is 7.68. The Morgan fingerprint density at radius 2 is 2.00 bits per heavy atom. The summed E-state index contributed by atoms with van der Waals surface area (Å²) in [7, 11) is 3.36. The predicted molar refractivity (Wildman–Crippen MR) is 85.5 cm³/mol. The first kappa shape index (κ1) is 16.1. The van der Waals surface area contributed by atoms with Gasteiger partial charge >= 0.3 is 5.97 Å². The number of aromatic nitrogens is 2. The third kappa shape index (κ3) is 2.98. The van der Waals surface area contributed by atoms with E-state index in [1.165, 1.54) is 5.56 Å². The highest BCUT2D eigenvalue weighted by atomic mass is 16.5. The van der Waals surface area contributed by atoms with Crippen molar-refractivity contribution in [2.24, 2.45) is 7.05 Å². The van der Waals surface area contributed by atoms with Gasteiger partial charge in [0.25, 0.3) is 0 Å². The Morgan fingerprint density at radius 1 is 1.32 bits per heavy atom. The molecule has 1 N–H and O–H groups in total. The number of rotatable bonds is 6. The smallest absolute Gasteiger partial charge is 0.356 e. The number of carboxylic acid groups (broad SMARTS) is 1. The molecule has 5 heteroatoms. The van der Waals surface area contributed by atoms with Crippen molar-refractivity contribution in [2.75, 3.05) is 7.11 Å². The molecular weight excluding hydrogens is 280 g/mol. The molecule has 2 aromatic rings. The Bertz CT molecular complexity index is 673. The number of ether oxygens (including phenoxy) is 1. The predicted octanol–water partition coefficient (Wildman–Crippen LogP) is 3.70. The molecule has 1 aromatic carbocycles. The average molecular weight is 302 g/mol. The highest BCUT2D eigenvalue weighted by Gasteiger charge is 2.17. The van der Waals surface area contributed by atoms with E-state index >= 15 is 0 Å². The van der Waals surface area contributed by atoms with Crippen molar-refractivity contribution < 1.29 is 14.6 Å². The van der Waals surface area contributed by atoms with Crippen molar-refractivity contribution >= 4 is 5.97 Å². The van der Waals surface area contributed by atoms with Gasteiger partial charge in [-0.3, -0.25) is 4.68 Å². The number of carbonyl (C=O) groups is 1. The Labute approximate surface area is 130 Å². The Morgan fingerprint density at radius 3 is 2.50 bits per heavy atom. The van der Waals surface area contributed by atoms with Gasteiger partial charge in [-0.05, 0) is 42.5 Å². The zero-order chi connectivity index (χ0) is 16.3. The molecule has 0 aliphatic heterocycles. The molecule has 5 nitrogen and oxygen atoms in total. The lowest BCUT2D eigenvalue weighted by atomic mass is 9.92. The fourth-order valence-corrected chi connectivity index (χ4v) is 2.76. The van der Waals surface area contributed by atoms with Gasteiger partial charge in [0.15, 0.2) is 5.69 Å². The van der Waals surface area contributed by atoms with Crippen LogP contribution in [-0.2, 0) is 7.05 Å². The minimum Gasteiger partial charge on any atom is -0.496 e. The summed E-state index contributed by atoms with van der Waals surface area (Å²) in [4.78, 5) is 11.1. The van der Waals surface area contributed by atoms with Crippen molar-refractivity contribution in [3.05, 3.63) is 35.5 Å². The molecule has 0 saturated carbocycles. The largest absolute Gasteiger partial charge is 0.496 e. The van der Waals surface area contributed by atoms with E-state index in [-0.39, 0.29) is 5.69 Å². The second-order valence-corrected chi connectivity index (χ2v) is 5.32. The molecule has 0 amide bonds. The molecule has 2 rings (SSSR count). The van der Waals surface area contributed by atoms with Crippen LogP contribution >= 0.6 is 0 Å². The molecule has 0 aliphatic rings. The average Bonchev–Trinajstić information content (AvgIpc) is 2.90. The Balaban J connectivity index is 2.57. The quantitative estimate of drug-likeness (QED) is 0.883. The molecule has 0 radical (unpaired) electrons. The zero-order valence-corrected chi connectivity index (χ0v) is 13.5. The summed E-state index contributed by atoms with van der Waals surface area (Å²) in [5.74, 6) is 0.170. The maximum absolute atomic E-state index is 11.1. The van der Waals surface area contributed by atoms with E-state index in [4.69, 9.17) is 9.84 Å². The summed E-state index contributed by atoms with van der Waals surface area (Å²) >= 11 is 0. The van der Waals surface area contributed by atoms with E-state index in [1.807, 2.05) is 6.07 Å². The highest BCUT2D eigenvalue weighted by Crippen LogP contribution is 2.34. The molecule has 0 aliphatic carbocycles. The molecular formula is C17H22N2O3. The Kier molecular flexibility index (Phi) is 4.85. The van der Waals surface area contributed by atoms with Gasteiger partial charge < -0.3 is 9.84 Å². The van der Waals surface area contributed by atoms with Gasteiger partial charge in [-0.2, -0.15) is 5.10 Å². The fraction of sp³-hybridized carbons (Fsp3) is 0.412. The molecule has 22 heavy (non-hydrogen) atoms. The van der Waals surface area contributed by atoms with Crippen LogP contribution in [0.5, 0.6) is 5.75 Å². The number of aromatic carboxylic acids is 1. The lowest BCUT2D eigenvalue weighted by molar-refractivity contribution is 0.0689. The Hall–Kier alpha value is -2.30. The van der Waals surface area contributed by atoms with Crippen molar-refractivity contribution in [1.29, 1.82) is 0 Å². The highest BCUT2D eigenvalue weighted by molar-refractivity contribution is 5.87. The van der Waals surface area contributed by atoms with Gasteiger partial charge in [-0.15, -0.1) is 0 Å². The van der Waals surface area contributed by atoms with E-state index in [2.05, 4.69) is 31.1 Å². The first-order valence-electron chi connectivity index (χ1n) is 7.47. The van der Waals surface area contributed by atoms with Crippen LogP contribution in [0.1, 0.15) is 48.7 Å². The number of aryl methyl sites for hydroxylation is 1. The second kappa shape index (κ2) is 6.64. The number of nitrogens with zero attached hydrogens (tertiary/aromatic N) is 2. The van der Waals surface area contributed by atoms with Crippen LogP contribution in [0.4, 0.5) is 0 Å². The third-order valence-corrected chi connectivity index (χ3v) is 4.06. The fourth-order valence-electron chi connectivity index (χ4n) is 2.76. The molecule has 1 heterocycles. The van der Waals surface area contributed by atoms with E-state index in [0.717, 1.165) is 29.8 Å². The molecule has 0 atom stereocenters. The number of methoxy groups -OCH3 is 1. The molecule has 118 valence electrons. The number of benzene rings is 1. The topological polar surface area (TPSA) is 64.3 Å². The van der Waals surface area contributed by atoms with Crippen LogP contribution in [0, 0.1) is 0 Å². The summed E-state index contributed by atoms with van der Waals surface area (Å²) < 4.78 is 7.02. The monoisotopic (exact) mass is 302 g/mol. The van der Waals surface area contributed by atoms with E-state index in [0.29, 0.717) is 5.92 Å². The molecule has 0 fully saturated rings. The van der Waals surface area contributed by atoms with E-state index < -0.39 is 5.97 Å². The number of carboxylic acids is 1. The normalized spacial score (nSPS) is 11.0. The number of hydrogen-bond donors (Lipinski definition) is 1. The first-order valence-corrected chi connectivity index (χ1v) is 7.47. The molecule has 0 unspecified atom stereocenters. The molecule has 0 bridgehead atoms. The van der Waals surface area contributed by atoms with Crippen LogP contribution < -0.4 is 4.74 Å². The van der Waals surface area contributed by atoms with Crippen LogP contribution in [0.3, 0.4) is 0 Å². The van der Waals surface area contributed by atoms with Gasteiger partial charge in [0.1, 0.15) is 5.75 Å². The van der Waals surface area contributed by atoms with Crippen LogP contribution in [0.2, 0.25) is 0 Å². The number of hydrogen-bond acceptors (Lipinski definition) is 3. The van der Waals surface area contributed by atoms with Crippen molar-refractivity contribution in [3.8, 4) is 17.0 Å². The van der Waals surface area contributed by atoms with E-state index in [1.54, 1.807) is 24.9 Å². The molecule has 0 saturated heterocycles. The lowest BCUT2D eigenvalue weighted by Gasteiger charge is -2.16. The van der Waals surface area contributed by atoms with Crippen molar-refractivity contribution in [3.63, 3.8) is 0 Å².